The van der Waals surface area contributed by atoms with Gasteiger partial charge in [-0.25, -0.2) is 0 Å². The number of hydrogen-bond acceptors (Lipinski definition) is 3. The second-order valence-electron chi connectivity index (χ2n) is 2.47. The maximum absolute atomic E-state index is 5.48. The highest BCUT2D eigenvalue weighted by atomic mass is 14.8. The fraction of sp³-hybridized carbons (Fsp3) is 0.375. The van der Waals surface area contributed by atoms with Gasteiger partial charge in [0.15, 0.2) is 0 Å². The van der Waals surface area contributed by atoms with Gasteiger partial charge in [-0.3, -0.25) is 4.98 Å². The lowest BCUT2D eigenvalue weighted by Crippen LogP contribution is -2.08. The van der Waals surface area contributed by atoms with E-state index in [2.05, 4.69) is 4.98 Å². The third kappa shape index (κ3) is 1.76. The van der Waals surface area contributed by atoms with Gasteiger partial charge in [-0.1, -0.05) is 6.07 Å². The van der Waals surface area contributed by atoms with Gasteiger partial charge in [0, 0.05) is 18.8 Å². The molecule has 1 aromatic heterocycles. The van der Waals surface area contributed by atoms with E-state index in [1.54, 1.807) is 0 Å². The Morgan fingerprint density at radius 1 is 1.27 bits per heavy atom. The number of hydrogen-bond donors (Lipinski definition) is 2. The summed E-state index contributed by atoms with van der Waals surface area (Å²) in [5.41, 5.74) is 13.9. The van der Waals surface area contributed by atoms with Crippen molar-refractivity contribution in [2.45, 2.75) is 20.0 Å². The van der Waals surface area contributed by atoms with Gasteiger partial charge in [0.2, 0.25) is 0 Å². The quantitative estimate of drug-likeness (QED) is 0.639. The van der Waals surface area contributed by atoms with Crippen LogP contribution in [0.3, 0.4) is 0 Å². The third-order valence-corrected chi connectivity index (χ3v) is 1.62. The molecule has 11 heavy (non-hydrogen) atoms. The first-order valence-corrected chi connectivity index (χ1v) is 3.63. The average Bonchev–Trinajstić information content (AvgIpc) is 2.04. The third-order valence-electron chi connectivity index (χ3n) is 1.62. The molecule has 0 saturated heterocycles. The highest BCUT2D eigenvalue weighted by molar-refractivity contribution is 5.22. The number of rotatable bonds is 2. The van der Waals surface area contributed by atoms with Crippen molar-refractivity contribution >= 4 is 0 Å². The van der Waals surface area contributed by atoms with Crippen LogP contribution in [0.4, 0.5) is 0 Å². The lowest BCUT2D eigenvalue weighted by atomic mass is 10.2. The first kappa shape index (κ1) is 8.17. The zero-order chi connectivity index (χ0) is 8.27. The van der Waals surface area contributed by atoms with E-state index >= 15 is 0 Å². The molecular formula is C8H13N3. The van der Waals surface area contributed by atoms with Crippen LogP contribution in [-0.2, 0) is 13.1 Å². The van der Waals surface area contributed by atoms with Crippen LogP contribution in [0.2, 0.25) is 0 Å². The maximum Gasteiger partial charge on any atom is 0.0587 e. The summed E-state index contributed by atoms with van der Waals surface area (Å²) in [5.74, 6) is 0. The minimum atomic E-state index is 0.466. The van der Waals surface area contributed by atoms with Gasteiger partial charge in [-0.15, -0.1) is 0 Å². The molecule has 3 heteroatoms. The van der Waals surface area contributed by atoms with Crippen LogP contribution in [0.5, 0.6) is 0 Å². The summed E-state index contributed by atoms with van der Waals surface area (Å²) in [7, 11) is 0. The Morgan fingerprint density at radius 3 is 2.55 bits per heavy atom. The largest absolute Gasteiger partial charge is 0.326 e. The smallest absolute Gasteiger partial charge is 0.0587 e. The molecule has 3 nitrogen and oxygen atoms in total. The molecule has 0 atom stereocenters. The van der Waals surface area contributed by atoms with Crippen LogP contribution >= 0.6 is 0 Å². The van der Waals surface area contributed by atoms with Gasteiger partial charge in [0.05, 0.1) is 5.69 Å². The molecule has 0 aromatic carbocycles. The molecule has 0 aliphatic heterocycles. The lowest BCUT2D eigenvalue weighted by Gasteiger charge is -2.04. The molecule has 0 aliphatic rings. The van der Waals surface area contributed by atoms with Gasteiger partial charge in [-0.05, 0) is 18.6 Å². The fourth-order valence-corrected chi connectivity index (χ4v) is 1.00. The molecule has 1 rings (SSSR count). The van der Waals surface area contributed by atoms with Crippen molar-refractivity contribution in [1.29, 1.82) is 0 Å². The van der Waals surface area contributed by atoms with Crippen molar-refractivity contribution in [2.24, 2.45) is 11.5 Å². The Hall–Kier alpha value is -0.930. The van der Waals surface area contributed by atoms with E-state index in [1.807, 2.05) is 19.1 Å². The molecule has 0 radical (unpaired) electrons. The summed E-state index contributed by atoms with van der Waals surface area (Å²) in [6.07, 6.45) is 0. The number of aryl methyl sites for hydroxylation is 1. The summed E-state index contributed by atoms with van der Waals surface area (Å²) in [6.45, 7) is 2.92. The Morgan fingerprint density at radius 2 is 2.00 bits per heavy atom. The van der Waals surface area contributed by atoms with E-state index in [9.17, 15) is 0 Å². The molecule has 0 spiro atoms. The van der Waals surface area contributed by atoms with E-state index in [4.69, 9.17) is 11.5 Å². The molecule has 60 valence electrons. The SMILES string of the molecule is Cc1ccc(CN)c(CN)n1. The summed E-state index contributed by atoms with van der Waals surface area (Å²) in [6, 6.07) is 3.92. The number of nitrogens with two attached hydrogens (primary N) is 2. The summed E-state index contributed by atoms with van der Waals surface area (Å²) in [4.78, 5) is 4.26. The monoisotopic (exact) mass is 151 g/mol. The van der Waals surface area contributed by atoms with Crippen molar-refractivity contribution < 1.29 is 0 Å². The van der Waals surface area contributed by atoms with E-state index in [-0.39, 0.29) is 0 Å². The van der Waals surface area contributed by atoms with Crippen molar-refractivity contribution in [1.82, 2.24) is 4.98 Å². The van der Waals surface area contributed by atoms with Gasteiger partial charge >= 0.3 is 0 Å². The van der Waals surface area contributed by atoms with Gasteiger partial charge in [-0.2, -0.15) is 0 Å². The van der Waals surface area contributed by atoms with Gasteiger partial charge in [0.1, 0.15) is 0 Å². The first-order chi connectivity index (χ1) is 5.27. The van der Waals surface area contributed by atoms with Crippen molar-refractivity contribution in [3.8, 4) is 0 Å². The maximum atomic E-state index is 5.48. The Bertz CT molecular complexity index is 245. The van der Waals surface area contributed by atoms with Crippen molar-refractivity contribution in [3.63, 3.8) is 0 Å². The number of aromatic nitrogens is 1. The van der Waals surface area contributed by atoms with E-state index in [0.29, 0.717) is 13.1 Å². The first-order valence-electron chi connectivity index (χ1n) is 3.63. The average molecular weight is 151 g/mol. The highest BCUT2D eigenvalue weighted by Gasteiger charge is 1.99. The van der Waals surface area contributed by atoms with Crippen LogP contribution in [0, 0.1) is 6.92 Å². The Balaban J connectivity index is 3.06. The normalized spacial score (nSPS) is 10.1. The van der Waals surface area contributed by atoms with Crippen LogP contribution in [0.15, 0.2) is 12.1 Å². The minimum Gasteiger partial charge on any atom is -0.326 e. The minimum absolute atomic E-state index is 0.466. The lowest BCUT2D eigenvalue weighted by molar-refractivity contribution is 0.907. The van der Waals surface area contributed by atoms with Gasteiger partial charge in [0.25, 0.3) is 0 Å². The molecule has 0 unspecified atom stereocenters. The van der Waals surface area contributed by atoms with Crippen molar-refractivity contribution in [3.05, 3.63) is 29.1 Å². The van der Waals surface area contributed by atoms with E-state index in [1.165, 1.54) is 0 Å². The van der Waals surface area contributed by atoms with Crippen LogP contribution in [0.25, 0.3) is 0 Å². The molecule has 0 bridgehead atoms. The second kappa shape index (κ2) is 3.46. The van der Waals surface area contributed by atoms with Crippen LogP contribution < -0.4 is 11.5 Å². The molecule has 1 aromatic rings. The molecule has 0 amide bonds. The van der Waals surface area contributed by atoms with Crippen LogP contribution in [0.1, 0.15) is 17.0 Å². The van der Waals surface area contributed by atoms with E-state index < -0.39 is 0 Å². The zero-order valence-corrected chi connectivity index (χ0v) is 6.67. The fourth-order valence-electron chi connectivity index (χ4n) is 1.00. The zero-order valence-electron chi connectivity index (χ0n) is 6.67. The summed E-state index contributed by atoms with van der Waals surface area (Å²) >= 11 is 0. The number of pyridine rings is 1. The molecule has 0 fully saturated rings. The number of nitrogens with zero attached hydrogens (tertiary/aromatic N) is 1. The topological polar surface area (TPSA) is 64.9 Å². The second-order valence-corrected chi connectivity index (χ2v) is 2.47. The predicted octanol–water partition coefficient (Wildman–Crippen LogP) is 0.307. The predicted molar refractivity (Wildman–Crippen MR) is 44.8 cm³/mol. The van der Waals surface area contributed by atoms with Crippen LogP contribution in [-0.4, -0.2) is 4.98 Å². The van der Waals surface area contributed by atoms with E-state index in [0.717, 1.165) is 17.0 Å². The standard InChI is InChI=1S/C8H13N3/c1-6-2-3-7(4-9)8(5-10)11-6/h2-3H,4-5,9-10H2,1H3. The molecule has 0 saturated carbocycles. The summed E-state index contributed by atoms with van der Waals surface area (Å²) < 4.78 is 0. The molecule has 4 N–H and O–H groups in total. The Labute approximate surface area is 66.4 Å². The van der Waals surface area contributed by atoms with Gasteiger partial charge < -0.3 is 11.5 Å². The Kier molecular flexibility index (Phi) is 2.57. The summed E-state index contributed by atoms with van der Waals surface area (Å²) in [5, 5.41) is 0. The van der Waals surface area contributed by atoms with Crippen molar-refractivity contribution in [2.75, 3.05) is 0 Å². The molecular weight excluding hydrogens is 138 g/mol. The molecule has 1 heterocycles. The highest BCUT2D eigenvalue weighted by Crippen LogP contribution is 2.05. The molecule has 0 aliphatic carbocycles.